The fourth-order valence-electron chi connectivity index (χ4n) is 1.03. The second-order valence-electron chi connectivity index (χ2n) is 3.35. The minimum Gasteiger partial charge on any atom is -0.469 e. The van der Waals surface area contributed by atoms with Crippen molar-refractivity contribution in [1.82, 2.24) is 0 Å². The van der Waals surface area contributed by atoms with Crippen LogP contribution in [-0.2, 0) is 24.8 Å². The van der Waals surface area contributed by atoms with Gasteiger partial charge in [-0.25, -0.2) is 0 Å². The molecule has 1 heterocycles. The van der Waals surface area contributed by atoms with Gasteiger partial charge in [-0.1, -0.05) is 0 Å². The Kier molecular flexibility index (Phi) is 4.93. The van der Waals surface area contributed by atoms with Crippen molar-refractivity contribution in [1.29, 1.82) is 0 Å². The lowest BCUT2D eigenvalue weighted by Crippen LogP contribution is -2.08. The van der Waals surface area contributed by atoms with E-state index in [2.05, 4.69) is 4.52 Å². The molecule has 0 aliphatic carbocycles. The van der Waals surface area contributed by atoms with Gasteiger partial charge < -0.3 is 13.5 Å². The predicted molar refractivity (Wildman–Crippen MR) is 58.5 cm³/mol. The van der Waals surface area contributed by atoms with Gasteiger partial charge in [0.25, 0.3) is 0 Å². The maximum atomic E-state index is 11.4. The fourth-order valence-corrected chi connectivity index (χ4v) is 1.52. The lowest BCUT2D eigenvalue weighted by Gasteiger charge is -2.09. The molecule has 1 rings (SSSR count). The third-order valence-corrected chi connectivity index (χ3v) is 3.28. The fraction of sp³-hybridized carbons (Fsp3) is 0.500. The third-order valence-electron chi connectivity index (χ3n) is 2.02. The summed E-state index contributed by atoms with van der Waals surface area (Å²) < 4.78 is 25.8. The normalized spacial score (nSPS) is 14.6. The van der Waals surface area contributed by atoms with Crippen molar-refractivity contribution in [3.05, 3.63) is 24.2 Å². The molecule has 0 radical (unpaired) electrons. The zero-order valence-electron chi connectivity index (χ0n) is 9.34. The van der Waals surface area contributed by atoms with Crippen LogP contribution in [0.5, 0.6) is 0 Å². The highest BCUT2D eigenvalue weighted by atomic mass is 31.2. The number of carbonyl (C=O) groups excluding carboxylic acids is 1. The van der Waals surface area contributed by atoms with Crippen molar-refractivity contribution in [2.24, 2.45) is 0 Å². The third kappa shape index (κ3) is 4.75. The van der Waals surface area contributed by atoms with E-state index in [1.807, 2.05) is 0 Å². The molecule has 0 aliphatic heterocycles. The van der Waals surface area contributed by atoms with E-state index in [0.717, 1.165) is 5.76 Å². The molecule has 0 aromatic carbocycles. The average molecular weight is 246 g/mol. The minimum atomic E-state index is -3.06. The zero-order valence-corrected chi connectivity index (χ0v) is 10.2. The van der Waals surface area contributed by atoms with E-state index in [1.165, 1.54) is 13.8 Å². The number of hydrogen-bond acceptors (Lipinski definition) is 5. The lowest BCUT2D eigenvalue weighted by molar-refractivity contribution is -0.121. The van der Waals surface area contributed by atoms with Crippen LogP contribution in [0.1, 0.15) is 12.2 Å². The molecule has 0 N–H and O–H groups in total. The van der Waals surface area contributed by atoms with Gasteiger partial charge in [0, 0.05) is 26.6 Å². The topological polar surface area (TPSA) is 65.7 Å². The quantitative estimate of drug-likeness (QED) is 0.690. The van der Waals surface area contributed by atoms with Crippen molar-refractivity contribution >= 4 is 13.4 Å². The number of ketones is 1. The molecular weight excluding hydrogens is 231 g/mol. The van der Waals surface area contributed by atoms with Crippen LogP contribution >= 0.6 is 7.60 Å². The largest absolute Gasteiger partial charge is 0.469 e. The summed E-state index contributed by atoms with van der Waals surface area (Å²) in [7, 11) is -1.77. The molecule has 0 saturated carbocycles. The van der Waals surface area contributed by atoms with Crippen molar-refractivity contribution < 1.29 is 22.8 Å². The van der Waals surface area contributed by atoms with Crippen molar-refractivity contribution in [2.45, 2.75) is 12.8 Å². The van der Waals surface area contributed by atoms with Crippen LogP contribution in [0.2, 0.25) is 0 Å². The Hall–Kier alpha value is -0.900. The van der Waals surface area contributed by atoms with Crippen LogP contribution in [0.4, 0.5) is 0 Å². The van der Waals surface area contributed by atoms with Gasteiger partial charge in [0.2, 0.25) is 0 Å². The molecule has 90 valence electrons. The molecule has 1 aromatic rings. The van der Waals surface area contributed by atoms with Gasteiger partial charge in [-0.05, 0) is 12.1 Å². The molecule has 0 saturated heterocycles. The average Bonchev–Trinajstić information content (AvgIpc) is 2.76. The van der Waals surface area contributed by atoms with Gasteiger partial charge in [0.1, 0.15) is 12.4 Å². The number of rotatable bonds is 7. The first-order chi connectivity index (χ1) is 7.53. The number of Topliss-reactive ketones (excluding diaryl/α,β-unsaturated/α-hetero) is 1. The summed E-state index contributed by atoms with van der Waals surface area (Å²) in [5.74, 6) is 0.621. The van der Waals surface area contributed by atoms with Gasteiger partial charge in [0.15, 0.2) is 5.78 Å². The van der Waals surface area contributed by atoms with E-state index in [4.69, 9.17) is 8.94 Å². The van der Waals surface area contributed by atoms with Gasteiger partial charge >= 0.3 is 7.60 Å². The van der Waals surface area contributed by atoms with E-state index < -0.39 is 7.60 Å². The molecular formula is C10H15O5P. The first-order valence-electron chi connectivity index (χ1n) is 4.85. The summed E-state index contributed by atoms with van der Waals surface area (Å²) >= 11 is 0. The minimum absolute atomic E-state index is 0.129. The zero-order chi connectivity index (χ0) is 12.0. The molecule has 1 aromatic heterocycles. The standard InChI is InChI=1S/C10H15O5P/c1-13-16(2,12)15-8-9(11)5-6-10-4-3-7-14-10/h3-4,7H,5-6,8H2,1-2H3/t16-/m1/s1. The Morgan fingerprint density at radius 2 is 2.31 bits per heavy atom. The van der Waals surface area contributed by atoms with Crippen LogP contribution in [0.3, 0.4) is 0 Å². The first kappa shape index (κ1) is 13.2. The number of furan rings is 1. The molecule has 0 fully saturated rings. The van der Waals surface area contributed by atoms with E-state index in [0.29, 0.717) is 12.8 Å². The summed E-state index contributed by atoms with van der Waals surface area (Å²) in [6, 6.07) is 3.56. The van der Waals surface area contributed by atoms with E-state index >= 15 is 0 Å². The van der Waals surface area contributed by atoms with Gasteiger partial charge in [-0.15, -0.1) is 0 Å². The summed E-state index contributed by atoms with van der Waals surface area (Å²) in [5, 5.41) is 0. The highest BCUT2D eigenvalue weighted by Crippen LogP contribution is 2.42. The van der Waals surface area contributed by atoms with Crippen LogP contribution in [0.15, 0.2) is 22.8 Å². The Morgan fingerprint density at radius 3 is 2.88 bits per heavy atom. The van der Waals surface area contributed by atoms with Crippen LogP contribution in [0.25, 0.3) is 0 Å². The summed E-state index contributed by atoms with van der Waals surface area (Å²) in [6.07, 6.45) is 2.38. The maximum Gasteiger partial charge on any atom is 0.327 e. The summed E-state index contributed by atoms with van der Waals surface area (Å²) in [5.41, 5.74) is 0. The molecule has 0 aliphatic rings. The molecule has 0 spiro atoms. The second kappa shape index (κ2) is 5.99. The molecule has 16 heavy (non-hydrogen) atoms. The monoisotopic (exact) mass is 246 g/mol. The number of hydrogen-bond donors (Lipinski definition) is 0. The van der Waals surface area contributed by atoms with Crippen LogP contribution < -0.4 is 0 Å². The number of aryl methyl sites for hydroxylation is 1. The highest BCUT2D eigenvalue weighted by Gasteiger charge is 2.16. The molecule has 6 heteroatoms. The van der Waals surface area contributed by atoms with Crippen molar-refractivity contribution in [3.8, 4) is 0 Å². The smallest absolute Gasteiger partial charge is 0.327 e. The van der Waals surface area contributed by atoms with Crippen molar-refractivity contribution in [2.75, 3.05) is 20.4 Å². The van der Waals surface area contributed by atoms with E-state index in [-0.39, 0.29) is 12.4 Å². The summed E-state index contributed by atoms with van der Waals surface area (Å²) in [6.45, 7) is 1.13. The van der Waals surface area contributed by atoms with Gasteiger partial charge in [-0.2, -0.15) is 0 Å². The Balaban J connectivity index is 2.24. The van der Waals surface area contributed by atoms with E-state index in [9.17, 15) is 9.36 Å². The van der Waals surface area contributed by atoms with Crippen molar-refractivity contribution in [3.63, 3.8) is 0 Å². The van der Waals surface area contributed by atoms with Crippen LogP contribution in [-0.4, -0.2) is 26.2 Å². The molecule has 0 unspecified atom stereocenters. The highest BCUT2D eigenvalue weighted by molar-refractivity contribution is 7.52. The van der Waals surface area contributed by atoms with Gasteiger partial charge in [0.05, 0.1) is 6.26 Å². The summed E-state index contributed by atoms with van der Waals surface area (Å²) in [4.78, 5) is 11.4. The molecule has 1 atom stereocenters. The lowest BCUT2D eigenvalue weighted by atomic mass is 10.2. The molecule has 0 amide bonds. The maximum absolute atomic E-state index is 11.4. The predicted octanol–water partition coefficient (Wildman–Crippen LogP) is 2.27. The van der Waals surface area contributed by atoms with Crippen LogP contribution in [0, 0.1) is 0 Å². The Bertz CT molecular complexity index is 371. The molecule has 5 nitrogen and oxygen atoms in total. The van der Waals surface area contributed by atoms with E-state index in [1.54, 1.807) is 18.4 Å². The SMILES string of the molecule is CO[P@@](C)(=O)OCC(=O)CCc1ccco1. The number of carbonyl (C=O) groups is 1. The second-order valence-corrected chi connectivity index (χ2v) is 5.51. The Morgan fingerprint density at radius 1 is 1.56 bits per heavy atom. The van der Waals surface area contributed by atoms with Gasteiger partial charge in [-0.3, -0.25) is 9.36 Å². The Labute approximate surface area is 94.3 Å². The first-order valence-corrected chi connectivity index (χ1v) is 6.84. The molecule has 0 bridgehead atoms.